The summed E-state index contributed by atoms with van der Waals surface area (Å²) < 4.78 is 42.3. The number of rotatable bonds is 9. The summed E-state index contributed by atoms with van der Waals surface area (Å²) in [7, 11) is 4.84. The van der Waals surface area contributed by atoms with E-state index in [2.05, 4.69) is 0 Å². The molecule has 13 atom stereocenters. The number of hydrogen-bond donors (Lipinski definition) is 5. The molecule has 0 saturated carbocycles. The molecule has 3 heterocycles. The lowest BCUT2D eigenvalue weighted by molar-refractivity contribution is -0.320. The Kier molecular flexibility index (Phi) is 11.8. The smallest absolute Gasteiger partial charge is 0.316 e. The van der Waals surface area contributed by atoms with Crippen molar-refractivity contribution < 1.29 is 77.9 Å². The van der Waals surface area contributed by atoms with Crippen LogP contribution >= 0.6 is 0 Å². The van der Waals surface area contributed by atoms with Gasteiger partial charge < -0.3 is 63.6 Å². The maximum absolute atomic E-state index is 14.0. The number of aromatic hydroxyl groups is 3. The van der Waals surface area contributed by atoms with Gasteiger partial charge in [0.05, 0.1) is 53.8 Å². The number of carbonyl (C=O) groups is 4. The van der Waals surface area contributed by atoms with E-state index in [1.54, 1.807) is 27.7 Å². The lowest BCUT2D eigenvalue weighted by Gasteiger charge is -2.48. The van der Waals surface area contributed by atoms with E-state index in [0.29, 0.717) is 0 Å². The minimum absolute atomic E-state index is 0.00866. The van der Waals surface area contributed by atoms with E-state index < -0.39 is 125 Å². The Morgan fingerprint density at radius 3 is 2.10 bits per heavy atom. The molecule has 17 nitrogen and oxygen atoms in total. The summed E-state index contributed by atoms with van der Waals surface area (Å²) >= 11 is 0. The van der Waals surface area contributed by atoms with Crippen LogP contribution in [0.25, 0.3) is 0 Å². The van der Waals surface area contributed by atoms with Crippen molar-refractivity contribution in [2.45, 2.75) is 133 Å². The number of fused-ring (bicyclic) bond motifs is 3. The van der Waals surface area contributed by atoms with Crippen LogP contribution in [0.5, 0.6) is 17.2 Å². The maximum Gasteiger partial charge on any atom is 0.316 e. The highest BCUT2D eigenvalue weighted by Gasteiger charge is 2.54. The van der Waals surface area contributed by atoms with Crippen LogP contribution in [0.15, 0.2) is 30.4 Å². The molecule has 5 aliphatic rings. The first-order valence-corrected chi connectivity index (χ1v) is 19.7. The molecule has 17 heteroatoms. The van der Waals surface area contributed by atoms with E-state index in [1.807, 2.05) is 19.0 Å². The third kappa shape index (κ3) is 7.57. The second-order valence-electron chi connectivity index (χ2n) is 16.1. The summed E-state index contributed by atoms with van der Waals surface area (Å²) in [4.78, 5) is 55.0. The van der Waals surface area contributed by atoms with E-state index in [4.69, 9.17) is 33.2 Å². The zero-order valence-electron chi connectivity index (χ0n) is 33.8. The number of aliphatic hydroxyl groups is 2. The predicted octanol–water partition coefficient (Wildman–Crippen LogP) is 2.64. The van der Waals surface area contributed by atoms with E-state index in [9.17, 15) is 44.7 Å². The molecule has 0 spiro atoms. The molecule has 0 radical (unpaired) electrons. The molecule has 2 aromatic carbocycles. The summed E-state index contributed by atoms with van der Waals surface area (Å²) in [5.41, 5.74) is -3.60. The van der Waals surface area contributed by atoms with E-state index >= 15 is 0 Å². The number of aliphatic hydroxyl groups excluding tert-OH is 1. The molecule has 0 bridgehead atoms. The molecule has 0 amide bonds. The molecular formula is C42H51NO16. The fourth-order valence-electron chi connectivity index (χ4n) is 9.08. The topological polar surface area (TPSA) is 237 Å². The number of phenols is 3. The van der Waals surface area contributed by atoms with Crippen LogP contribution in [0.4, 0.5) is 0 Å². The van der Waals surface area contributed by atoms with Crippen molar-refractivity contribution in [3.63, 3.8) is 0 Å². The van der Waals surface area contributed by atoms with Gasteiger partial charge in [-0.15, -0.1) is 0 Å². The molecule has 3 aliphatic heterocycles. The average molecular weight is 826 g/mol. The SMILES string of the molecule is CC[C@@]1(O)C[C@H](O[C@@H]2C[C@H](N(C)C)[C@H](O[C@H]3C[C@H](O)[C@@H](O[C@@H]4C=CC(=O)[C@H](C)O4)[C@H](C)O3)[C@H](C)O2)c2c(cc3c(c2O)C(=O)c2c(O)ccc(O)c2C3=O)[C@H]1C(=O)OC. The molecule has 2 fully saturated rings. The fraction of sp³-hybridized carbons (Fsp3) is 0.571. The van der Waals surface area contributed by atoms with Gasteiger partial charge in [0.25, 0.3) is 0 Å². The lowest BCUT2D eigenvalue weighted by Crippen LogP contribution is -2.58. The van der Waals surface area contributed by atoms with Crippen LogP contribution in [0, 0.1) is 0 Å². The zero-order chi connectivity index (χ0) is 42.8. The summed E-state index contributed by atoms with van der Waals surface area (Å²) in [6, 6.07) is 3.00. The first-order chi connectivity index (χ1) is 27.9. The number of ether oxygens (including phenoxy) is 7. The Labute approximate surface area is 340 Å². The molecule has 5 N–H and O–H groups in total. The minimum Gasteiger partial charge on any atom is -0.507 e. The van der Waals surface area contributed by atoms with Crippen molar-refractivity contribution in [1.82, 2.24) is 4.90 Å². The molecule has 2 saturated heterocycles. The highest BCUT2D eigenvalue weighted by Crippen LogP contribution is 2.54. The van der Waals surface area contributed by atoms with Gasteiger partial charge in [0, 0.05) is 36.4 Å². The zero-order valence-corrected chi connectivity index (χ0v) is 33.8. The van der Waals surface area contributed by atoms with Crippen molar-refractivity contribution in [3.8, 4) is 17.2 Å². The van der Waals surface area contributed by atoms with Crippen LogP contribution in [0.2, 0.25) is 0 Å². The third-order valence-electron chi connectivity index (χ3n) is 12.2. The number of phenolic OH excluding ortho intramolecular Hbond substituents is 3. The normalized spacial score (nSPS) is 35.6. The van der Waals surface area contributed by atoms with Crippen molar-refractivity contribution in [3.05, 3.63) is 63.7 Å². The van der Waals surface area contributed by atoms with Gasteiger partial charge in [0.2, 0.25) is 5.78 Å². The largest absolute Gasteiger partial charge is 0.507 e. The van der Waals surface area contributed by atoms with Gasteiger partial charge in [-0.1, -0.05) is 6.92 Å². The number of nitrogens with zero attached hydrogens (tertiary/aromatic N) is 1. The summed E-state index contributed by atoms with van der Waals surface area (Å²) in [6.07, 6.45) is -5.29. The van der Waals surface area contributed by atoms with Gasteiger partial charge in [-0.2, -0.15) is 0 Å². The monoisotopic (exact) mass is 825 g/mol. The highest BCUT2D eigenvalue weighted by atomic mass is 16.7. The molecule has 2 aliphatic carbocycles. The van der Waals surface area contributed by atoms with Crippen molar-refractivity contribution in [1.29, 1.82) is 0 Å². The fourth-order valence-corrected chi connectivity index (χ4v) is 9.08. The number of esters is 1. The van der Waals surface area contributed by atoms with E-state index in [0.717, 1.165) is 19.2 Å². The summed E-state index contributed by atoms with van der Waals surface area (Å²) in [6.45, 7) is 6.80. The summed E-state index contributed by atoms with van der Waals surface area (Å²) in [5, 5.41) is 56.4. The van der Waals surface area contributed by atoms with Crippen molar-refractivity contribution in [2.75, 3.05) is 21.2 Å². The lowest BCUT2D eigenvalue weighted by atomic mass is 9.67. The Bertz CT molecular complexity index is 2040. The molecule has 7 rings (SSSR count). The van der Waals surface area contributed by atoms with Gasteiger partial charge in [-0.3, -0.25) is 19.2 Å². The van der Waals surface area contributed by atoms with Gasteiger partial charge in [0.15, 0.2) is 30.4 Å². The first kappa shape index (κ1) is 42.8. The van der Waals surface area contributed by atoms with Crippen LogP contribution in [-0.4, -0.2) is 142 Å². The number of carbonyl (C=O) groups excluding carboxylic acids is 4. The van der Waals surface area contributed by atoms with Crippen molar-refractivity contribution >= 4 is 23.3 Å². The highest BCUT2D eigenvalue weighted by molar-refractivity contribution is 6.31. The molecule has 2 aromatic rings. The Hall–Kier alpha value is -4.30. The Morgan fingerprint density at radius 2 is 1.51 bits per heavy atom. The summed E-state index contributed by atoms with van der Waals surface area (Å²) in [5.74, 6) is -6.10. The minimum atomic E-state index is -1.81. The standard InChI is InChI=1S/C42H51NO16/c1-8-42(52)16-27(31-20(35(42)41(51)53-7)13-21-32(37(31)49)38(50)34-25(46)10-9-24(45)33(34)36(21)48)57-29-14-22(43(5)6)39(18(3)55-29)59-30-15-26(47)40(19(4)56-30)58-28-12-11-23(44)17(2)54-28/h9-13,17-19,22,26-30,35,39-40,45-47,49,52H,8,14-16H2,1-7H3/t17-,18-,19-,22-,26-,27-,28+,29+,30-,35-,39+,40-,42+/m0/s1. The second kappa shape index (κ2) is 16.3. The molecule has 320 valence electrons. The number of ketones is 3. The quantitative estimate of drug-likeness (QED) is 0.154. The molecule has 59 heavy (non-hydrogen) atoms. The number of hydrogen-bond acceptors (Lipinski definition) is 17. The van der Waals surface area contributed by atoms with Crippen LogP contribution in [0.3, 0.4) is 0 Å². The Balaban J connectivity index is 1.15. The number of benzene rings is 2. The van der Waals surface area contributed by atoms with Gasteiger partial charge in [0.1, 0.15) is 41.5 Å². The average Bonchev–Trinajstić information content (AvgIpc) is 3.17. The van der Waals surface area contributed by atoms with Crippen LogP contribution in [-0.2, 0) is 42.7 Å². The first-order valence-electron chi connectivity index (χ1n) is 19.7. The third-order valence-corrected chi connectivity index (χ3v) is 12.2. The maximum atomic E-state index is 14.0. The second-order valence-corrected chi connectivity index (χ2v) is 16.1. The number of likely N-dealkylation sites (N-methyl/N-ethyl adjacent to an activating group) is 1. The van der Waals surface area contributed by atoms with Crippen LogP contribution in [0.1, 0.15) is 108 Å². The number of methoxy groups -OCH3 is 1. The van der Waals surface area contributed by atoms with Gasteiger partial charge >= 0.3 is 5.97 Å². The van der Waals surface area contributed by atoms with Gasteiger partial charge in [-0.05, 0) is 77.2 Å². The van der Waals surface area contributed by atoms with Crippen molar-refractivity contribution in [2.24, 2.45) is 0 Å². The molecule has 0 aromatic heterocycles. The van der Waals surface area contributed by atoms with Gasteiger partial charge in [-0.25, -0.2) is 0 Å². The molecular weight excluding hydrogens is 774 g/mol. The Morgan fingerprint density at radius 1 is 0.881 bits per heavy atom. The van der Waals surface area contributed by atoms with Crippen LogP contribution < -0.4 is 0 Å². The predicted molar refractivity (Wildman–Crippen MR) is 203 cm³/mol. The van der Waals surface area contributed by atoms with E-state index in [1.165, 1.54) is 18.2 Å². The molecule has 0 unspecified atom stereocenters. The van der Waals surface area contributed by atoms with E-state index in [-0.39, 0.29) is 54.2 Å².